The Morgan fingerprint density at radius 2 is 2.00 bits per heavy atom. The van der Waals surface area contributed by atoms with E-state index in [2.05, 4.69) is 15.6 Å². The minimum absolute atomic E-state index is 0.0939. The highest BCUT2D eigenvalue weighted by Crippen LogP contribution is 2.38. The first-order valence-electron chi connectivity index (χ1n) is 9.15. The maximum atomic E-state index is 12.7. The number of carbonyl (C=O) groups is 1. The summed E-state index contributed by atoms with van der Waals surface area (Å²) in [4.78, 5) is 25.0. The molecule has 3 heterocycles. The summed E-state index contributed by atoms with van der Waals surface area (Å²) in [6, 6.07) is 2.11. The third-order valence-electron chi connectivity index (χ3n) is 5.38. The first kappa shape index (κ1) is 16.2. The highest BCUT2D eigenvalue weighted by Gasteiger charge is 2.36. The molecule has 1 amide bonds. The molecule has 0 radical (unpaired) electrons. The first-order chi connectivity index (χ1) is 12.0. The standard InChI is InChI=1S/C18H24N4O3/c1-10(2)13-9-14(25-21-13)12-8-15(23)19-17-16(12)18(24)20-22(17)11-6-4-3-5-7-11/h9-12H,3-8H2,1-2H3,(H,19,23)(H,20,24)/t12-/m1/s1. The van der Waals surface area contributed by atoms with Gasteiger partial charge in [-0.05, 0) is 18.8 Å². The average molecular weight is 344 g/mol. The van der Waals surface area contributed by atoms with Crippen LogP contribution >= 0.6 is 0 Å². The minimum atomic E-state index is -0.377. The maximum absolute atomic E-state index is 12.7. The molecule has 2 aliphatic rings. The van der Waals surface area contributed by atoms with Crippen LogP contribution in [0.25, 0.3) is 0 Å². The van der Waals surface area contributed by atoms with Crippen LogP contribution in [0.3, 0.4) is 0 Å². The molecular formula is C18H24N4O3. The summed E-state index contributed by atoms with van der Waals surface area (Å²) in [5.41, 5.74) is 1.29. The van der Waals surface area contributed by atoms with Crippen molar-refractivity contribution < 1.29 is 9.32 Å². The van der Waals surface area contributed by atoms with Crippen molar-refractivity contribution in [2.24, 2.45) is 0 Å². The van der Waals surface area contributed by atoms with Crippen LogP contribution in [0.4, 0.5) is 5.82 Å². The van der Waals surface area contributed by atoms with Crippen molar-refractivity contribution in [3.63, 3.8) is 0 Å². The smallest absolute Gasteiger partial charge is 0.270 e. The topological polar surface area (TPSA) is 92.9 Å². The summed E-state index contributed by atoms with van der Waals surface area (Å²) in [5.74, 6) is 0.966. The van der Waals surface area contributed by atoms with Gasteiger partial charge in [0, 0.05) is 12.5 Å². The van der Waals surface area contributed by atoms with Crippen molar-refractivity contribution >= 4 is 11.7 Å². The van der Waals surface area contributed by atoms with E-state index in [-0.39, 0.29) is 35.8 Å². The van der Waals surface area contributed by atoms with Crippen molar-refractivity contribution in [1.82, 2.24) is 14.9 Å². The van der Waals surface area contributed by atoms with Gasteiger partial charge in [-0.1, -0.05) is 38.3 Å². The number of anilines is 1. The van der Waals surface area contributed by atoms with Gasteiger partial charge in [-0.2, -0.15) is 0 Å². The lowest BCUT2D eigenvalue weighted by Crippen LogP contribution is -2.27. The Morgan fingerprint density at radius 3 is 2.68 bits per heavy atom. The van der Waals surface area contributed by atoms with Gasteiger partial charge in [0.2, 0.25) is 5.91 Å². The van der Waals surface area contributed by atoms with Gasteiger partial charge in [-0.15, -0.1) is 0 Å². The van der Waals surface area contributed by atoms with Crippen LogP contribution in [0.1, 0.15) is 87.3 Å². The van der Waals surface area contributed by atoms with Crippen molar-refractivity contribution in [3.05, 3.63) is 33.4 Å². The second kappa shape index (κ2) is 6.20. The number of rotatable bonds is 3. The monoisotopic (exact) mass is 344 g/mol. The molecule has 1 atom stereocenters. The lowest BCUT2D eigenvalue weighted by atomic mass is 9.90. The number of aromatic nitrogens is 3. The maximum Gasteiger partial charge on any atom is 0.270 e. The van der Waals surface area contributed by atoms with Gasteiger partial charge in [0.15, 0.2) is 0 Å². The van der Waals surface area contributed by atoms with Crippen LogP contribution in [0.5, 0.6) is 0 Å². The zero-order valence-corrected chi connectivity index (χ0v) is 14.7. The van der Waals surface area contributed by atoms with Crippen molar-refractivity contribution in [2.75, 3.05) is 5.32 Å². The fourth-order valence-corrected chi connectivity index (χ4v) is 3.98. The summed E-state index contributed by atoms with van der Waals surface area (Å²) in [6.45, 7) is 4.07. The Bertz CT molecular complexity index is 839. The van der Waals surface area contributed by atoms with Crippen LogP contribution < -0.4 is 10.9 Å². The summed E-state index contributed by atoms with van der Waals surface area (Å²) in [5, 5.41) is 9.96. The van der Waals surface area contributed by atoms with Gasteiger partial charge in [0.05, 0.1) is 23.2 Å². The van der Waals surface area contributed by atoms with E-state index < -0.39 is 0 Å². The molecule has 0 bridgehead atoms. The number of nitrogens with one attached hydrogen (secondary N) is 2. The van der Waals surface area contributed by atoms with E-state index >= 15 is 0 Å². The van der Waals surface area contributed by atoms with E-state index in [0.29, 0.717) is 17.1 Å². The van der Waals surface area contributed by atoms with Gasteiger partial charge < -0.3 is 9.84 Å². The molecule has 0 spiro atoms. The fraction of sp³-hybridized carbons (Fsp3) is 0.611. The molecule has 7 nitrogen and oxygen atoms in total. The first-order valence-corrected chi connectivity index (χ1v) is 9.15. The molecule has 2 N–H and O–H groups in total. The second-order valence-corrected chi connectivity index (χ2v) is 7.48. The van der Waals surface area contributed by atoms with E-state index in [4.69, 9.17) is 4.52 Å². The quantitative estimate of drug-likeness (QED) is 0.894. The van der Waals surface area contributed by atoms with E-state index in [1.54, 1.807) is 0 Å². The third kappa shape index (κ3) is 2.81. The zero-order chi connectivity index (χ0) is 17.6. The molecule has 1 saturated carbocycles. The molecular weight excluding hydrogens is 320 g/mol. The molecule has 2 aromatic heterocycles. The molecule has 1 fully saturated rings. The van der Waals surface area contributed by atoms with Gasteiger partial charge in [0.25, 0.3) is 5.56 Å². The van der Waals surface area contributed by atoms with Crippen LogP contribution in [-0.2, 0) is 4.79 Å². The van der Waals surface area contributed by atoms with Crippen LogP contribution in [-0.4, -0.2) is 20.8 Å². The number of fused-ring (bicyclic) bond motifs is 1. The lowest BCUT2D eigenvalue weighted by Gasteiger charge is -2.27. The molecule has 1 aliphatic heterocycles. The molecule has 134 valence electrons. The average Bonchev–Trinajstić information content (AvgIpc) is 3.21. The van der Waals surface area contributed by atoms with Crippen LogP contribution in [0.2, 0.25) is 0 Å². The largest absolute Gasteiger partial charge is 0.360 e. The van der Waals surface area contributed by atoms with Gasteiger partial charge in [-0.3, -0.25) is 19.4 Å². The number of H-pyrrole nitrogens is 1. The Morgan fingerprint density at radius 1 is 1.24 bits per heavy atom. The van der Waals surface area contributed by atoms with Gasteiger partial charge >= 0.3 is 0 Å². The summed E-state index contributed by atoms with van der Waals surface area (Å²) in [7, 11) is 0. The molecule has 2 aromatic rings. The van der Waals surface area contributed by atoms with Gasteiger partial charge in [-0.25, -0.2) is 0 Å². The van der Waals surface area contributed by atoms with E-state index in [1.165, 1.54) is 6.42 Å². The normalized spacial score (nSPS) is 21.4. The van der Waals surface area contributed by atoms with Crippen molar-refractivity contribution in [2.45, 2.75) is 70.3 Å². The number of hydrogen-bond donors (Lipinski definition) is 2. The number of hydrogen-bond acceptors (Lipinski definition) is 4. The third-order valence-corrected chi connectivity index (χ3v) is 5.38. The second-order valence-electron chi connectivity index (χ2n) is 7.48. The Labute approximate surface area is 145 Å². The molecule has 1 aliphatic carbocycles. The molecule has 4 rings (SSSR count). The predicted molar refractivity (Wildman–Crippen MR) is 92.9 cm³/mol. The number of carbonyl (C=O) groups excluding carboxylic acids is 1. The Hall–Kier alpha value is -2.31. The highest BCUT2D eigenvalue weighted by atomic mass is 16.5. The Kier molecular flexibility index (Phi) is 4.01. The molecule has 0 unspecified atom stereocenters. The molecule has 0 saturated heterocycles. The van der Waals surface area contributed by atoms with E-state index in [1.807, 2.05) is 24.6 Å². The number of amides is 1. The van der Waals surface area contributed by atoms with E-state index in [0.717, 1.165) is 31.4 Å². The highest BCUT2D eigenvalue weighted by molar-refractivity contribution is 5.94. The fourth-order valence-electron chi connectivity index (χ4n) is 3.98. The summed E-state index contributed by atoms with van der Waals surface area (Å²) < 4.78 is 7.36. The zero-order valence-electron chi connectivity index (χ0n) is 14.7. The predicted octanol–water partition coefficient (Wildman–Crippen LogP) is 3.27. The van der Waals surface area contributed by atoms with Crippen molar-refractivity contribution in [1.29, 1.82) is 0 Å². The summed E-state index contributed by atoms with van der Waals surface area (Å²) in [6.07, 6.45) is 5.79. The van der Waals surface area contributed by atoms with Gasteiger partial charge in [0.1, 0.15) is 11.6 Å². The van der Waals surface area contributed by atoms with Crippen LogP contribution in [0.15, 0.2) is 15.4 Å². The number of nitrogens with zero attached hydrogens (tertiary/aromatic N) is 2. The number of aromatic amines is 1. The molecule has 0 aromatic carbocycles. The molecule has 7 heteroatoms. The Balaban J connectivity index is 1.76. The van der Waals surface area contributed by atoms with E-state index in [9.17, 15) is 9.59 Å². The molecule has 25 heavy (non-hydrogen) atoms. The van der Waals surface area contributed by atoms with Crippen LogP contribution in [0, 0.1) is 0 Å². The SMILES string of the molecule is CC(C)c1cc([C@H]2CC(=O)Nc3c2c(=O)[nH]n3C2CCCCC2)on1. The summed E-state index contributed by atoms with van der Waals surface area (Å²) >= 11 is 0. The van der Waals surface area contributed by atoms with Crippen molar-refractivity contribution in [3.8, 4) is 0 Å². The lowest BCUT2D eigenvalue weighted by molar-refractivity contribution is -0.116. The minimum Gasteiger partial charge on any atom is -0.360 e.